The van der Waals surface area contributed by atoms with E-state index in [-0.39, 0.29) is 16.0 Å². The second kappa shape index (κ2) is 10.7. The third-order valence-corrected chi connectivity index (χ3v) is 6.87. The van der Waals surface area contributed by atoms with Gasteiger partial charge in [-0.2, -0.15) is 0 Å². The third kappa shape index (κ3) is 6.17. The number of hydrogen-bond donors (Lipinski definition) is 1. The summed E-state index contributed by atoms with van der Waals surface area (Å²) < 4.78 is 11.6. The van der Waals surface area contributed by atoms with Gasteiger partial charge in [-0.3, -0.25) is 19.7 Å². The maximum atomic E-state index is 11.7. The van der Waals surface area contributed by atoms with Crippen LogP contribution in [0.2, 0.25) is 0 Å². The zero-order chi connectivity index (χ0) is 24.1. The summed E-state index contributed by atoms with van der Waals surface area (Å²) in [5.74, 6) is 2.55. The monoisotopic (exact) mass is 499 g/mol. The van der Waals surface area contributed by atoms with Crippen molar-refractivity contribution in [1.82, 2.24) is 10.3 Å². The van der Waals surface area contributed by atoms with E-state index in [1.807, 2.05) is 31.2 Å². The Morgan fingerprint density at radius 1 is 1.18 bits per heavy atom. The second-order valence-corrected chi connectivity index (χ2v) is 9.53. The highest BCUT2D eigenvalue weighted by atomic mass is 32.2. The number of benzene rings is 2. The lowest BCUT2D eigenvalue weighted by Gasteiger charge is -2.09. The molecule has 1 unspecified atom stereocenters. The van der Waals surface area contributed by atoms with Crippen molar-refractivity contribution in [3.8, 4) is 5.75 Å². The quantitative estimate of drug-likeness (QED) is 0.240. The van der Waals surface area contributed by atoms with Crippen LogP contribution in [-0.4, -0.2) is 32.9 Å². The fourth-order valence-electron chi connectivity index (χ4n) is 3.34. The average molecular weight is 500 g/mol. The molecule has 1 fully saturated rings. The summed E-state index contributed by atoms with van der Waals surface area (Å²) in [7, 11) is 0. The minimum Gasteiger partial charge on any atom is -0.493 e. The zero-order valence-electron chi connectivity index (χ0n) is 18.2. The Hall–Kier alpha value is -3.31. The molecule has 1 saturated heterocycles. The van der Waals surface area contributed by atoms with Crippen molar-refractivity contribution in [3.05, 3.63) is 81.6 Å². The number of ether oxygens (including phenoxy) is 1. The number of carbonyl (C=O) groups is 2. The van der Waals surface area contributed by atoms with Gasteiger partial charge in [-0.05, 0) is 36.8 Å². The van der Waals surface area contributed by atoms with Crippen molar-refractivity contribution < 1.29 is 23.7 Å². The Labute approximate surface area is 203 Å². The SMILES string of the molecule is Cc1oc(CSc2ccc([N+](=O)[O-])cc2)nc1CCOc1ccc(CC2NC(=O)SC2=O)cc1. The molecule has 2 heterocycles. The molecule has 0 saturated carbocycles. The van der Waals surface area contributed by atoms with Gasteiger partial charge in [0.15, 0.2) is 0 Å². The summed E-state index contributed by atoms with van der Waals surface area (Å²) in [4.78, 5) is 38.8. The number of nitro groups is 1. The van der Waals surface area contributed by atoms with E-state index in [1.165, 1.54) is 23.9 Å². The van der Waals surface area contributed by atoms with Crippen molar-refractivity contribution >= 4 is 39.6 Å². The van der Waals surface area contributed by atoms with E-state index in [1.54, 1.807) is 12.1 Å². The molecule has 0 spiro atoms. The molecule has 0 radical (unpaired) electrons. The zero-order valence-corrected chi connectivity index (χ0v) is 19.8. The molecule has 1 aliphatic heterocycles. The predicted octanol–water partition coefficient (Wildman–Crippen LogP) is 4.70. The first-order valence-electron chi connectivity index (χ1n) is 10.4. The number of carbonyl (C=O) groups excluding carboxylic acids is 2. The molecule has 1 atom stereocenters. The van der Waals surface area contributed by atoms with Crippen molar-refractivity contribution in [3.63, 3.8) is 0 Å². The van der Waals surface area contributed by atoms with Crippen LogP contribution in [0.15, 0.2) is 57.8 Å². The van der Waals surface area contributed by atoms with Gasteiger partial charge in [-0.1, -0.05) is 12.1 Å². The number of hydrogen-bond acceptors (Lipinski definition) is 9. The van der Waals surface area contributed by atoms with Crippen LogP contribution in [0.25, 0.3) is 0 Å². The Morgan fingerprint density at radius 3 is 2.56 bits per heavy atom. The molecule has 4 rings (SSSR count). The Balaban J connectivity index is 1.23. The summed E-state index contributed by atoms with van der Waals surface area (Å²) in [6, 6.07) is 13.3. The van der Waals surface area contributed by atoms with Crippen LogP contribution in [0.1, 0.15) is 22.9 Å². The molecule has 1 aromatic heterocycles. The van der Waals surface area contributed by atoms with Crippen molar-refractivity contribution in [2.24, 2.45) is 0 Å². The van der Waals surface area contributed by atoms with Crippen LogP contribution in [0.3, 0.4) is 0 Å². The lowest BCUT2D eigenvalue weighted by atomic mass is 10.1. The van der Waals surface area contributed by atoms with Crippen molar-refractivity contribution in [1.29, 1.82) is 0 Å². The summed E-state index contributed by atoms with van der Waals surface area (Å²) in [5.41, 5.74) is 1.82. The predicted molar refractivity (Wildman–Crippen MR) is 128 cm³/mol. The van der Waals surface area contributed by atoms with Crippen LogP contribution < -0.4 is 10.1 Å². The standard InChI is InChI=1S/C23H21N3O6S2/c1-14-19(24-21(32-14)13-33-18-8-4-16(5-9-18)26(29)30)10-11-31-17-6-2-15(3-7-17)12-20-22(27)34-23(28)25-20/h2-9,20H,10-13H2,1H3,(H,25,28). The molecule has 176 valence electrons. The van der Waals surface area contributed by atoms with Gasteiger partial charge >= 0.3 is 0 Å². The normalized spacial score (nSPS) is 15.4. The highest BCUT2D eigenvalue weighted by Crippen LogP contribution is 2.26. The molecule has 34 heavy (non-hydrogen) atoms. The number of nitrogens with one attached hydrogen (secondary N) is 1. The fraction of sp³-hybridized carbons (Fsp3) is 0.261. The molecule has 1 amide bonds. The van der Waals surface area contributed by atoms with Gasteiger partial charge in [0.2, 0.25) is 11.0 Å². The average Bonchev–Trinajstić information content (AvgIpc) is 3.33. The van der Waals surface area contributed by atoms with Gasteiger partial charge < -0.3 is 14.5 Å². The number of nitro benzene ring substituents is 1. The minimum atomic E-state index is -0.479. The van der Waals surface area contributed by atoms with E-state index in [4.69, 9.17) is 9.15 Å². The van der Waals surface area contributed by atoms with E-state index in [0.29, 0.717) is 48.6 Å². The molecule has 1 aliphatic rings. The maximum Gasteiger partial charge on any atom is 0.287 e. The molecule has 9 nitrogen and oxygen atoms in total. The van der Waals surface area contributed by atoms with Gasteiger partial charge in [0, 0.05) is 41.6 Å². The van der Waals surface area contributed by atoms with Crippen molar-refractivity contribution in [2.75, 3.05) is 6.61 Å². The Kier molecular flexibility index (Phi) is 7.53. The minimum absolute atomic E-state index is 0.0600. The van der Waals surface area contributed by atoms with E-state index < -0.39 is 11.0 Å². The molecule has 2 aromatic carbocycles. The first-order chi connectivity index (χ1) is 16.4. The molecule has 11 heteroatoms. The second-order valence-electron chi connectivity index (χ2n) is 7.50. The lowest BCUT2D eigenvalue weighted by Crippen LogP contribution is -2.30. The highest BCUT2D eigenvalue weighted by molar-refractivity contribution is 8.26. The largest absolute Gasteiger partial charge is 0.493 e. The van der Waals surface area contributed by atoms with E-state index >= 15 is 0 Å². The Bertz CT molecular complexity index is 1190. The molecular formula is C23H21N3O6S2. The number of thioether (sulfide) groups is 2. The first-order valence-corrected chi connectivity index (χ1v) is 12.2. The smallest absolute Gasteiger partial charge is 0.287 e. The lowest BCUT2D eigenvalue weighted by molar-refractivity contribution is -0.384. The van der Waals surface area contributed by atoms with Crippen molar-refractivity contribution in [2.45, 2.75) is 36.5 Å². The topological polar surface area (TPSA) is 125 Å². The van der Waals surface area contributed by atoms with E-state index in [0.717, 1.165) is 21.9 Å². The number of aromatic nitrogens is 1. The van der Waals surface area contributed by atoms with Gasteiger partial charge in [0.1, 0.15) is 17.6 Å². The number of aryl methyl sites for hydroxylation is 1. The van der Waals surface area contributed by atoms with Crippen LogP contribution in [0.4, 0.5) is 10.5 Å². The third-order valence-electron chi connectivity index (χ3n) is 5.09. The maximum absolute atomic E-state index is 11.7. The van der Waals surface area contributed by atoms with Gasteiger partial charge in [0.25, 0.3) is 10.9 Å². The van der Waals surface area contributed by atoms with Gasteiger partial charge in [-0.25, -0.2) is 4.98 Å². The number of oxazole rings is 1. The molecule has 0 aliphatic carbocycles. The van der Waals surface area contributed by atoms with Crippen LogP contribution in [0.5, 0.6) is 5.75 Å². The summed E-state index contributed by atoms with van der Waals surface area (Å²) in [5, 5.41) is 12.9. The van der Waals surface area contributed by atoms with Crippen LogP contribution in [-0.2, 0) is 23.4 Å². The molecular weight excluding hydrogens is 478 g/mol. The highest BCUT2D eigenvalue weighted by Gasteiger charge is 2.31. The molecule has 3 aromatic rings. The number of nitrogens with zero attached hydrogens (tertiary/aromatic N) is 2. The number of rotatable bonds is 10. The van der Waals surface area contributed by atoms with Gasteiger partial charge in [0.05, 0.1) is 23.0 Å². The molecule has 1 N–H and O–H groups in total. The fourth-order valence-corrected chi connectivity index (χ4v) is 4.75. The van der Waals surface area contributed by atoms with E-state index in [9.17, 15) is 19.7 Å². The summed E-state index contributed by atoms with van der Waals surface area (Å²) >= 11 is 2.21. The summed E-state index contributed by atoms with van der Waals surface area (Å²) in [6.07, 6.45) is 1.04. The van der Waals surface area contributed by atoms with Gasteiger partial charge in [-0.15, -0.1) is 11.8 Å². The number of amides is 1. The number of non-ortho nitro benzene ring substituents is 1. The Morgan fingerprint density at radius 2 is 1.91 bits per heavy atom. The molecule has 0 bridgehead atoms. The summed E-state index contributed by atoms with van der Waals surface area (Å²) in [6.45, 7) is 2.29. The van der Waals surface area contributed by atoms with Crippen LogP contribution >= 0.6 is 23.5 Å². The first kappa shape index (κ1) is 23.8. The van der Waals surface area contributed by atoms with Crippen LogP contribution in [0, 0.1) is 17.0 Å². The van der Waals surface area contributed by atoms with E-state index in [2.05, 4.69) is 10.3 Å².